The van der Waals surface area contributed by atoms with E-state index >= 15 is 0 Å². The third-order valence-corrected chi connectivity index (χ3v) is 9.78. The molecular formula is C14H13O2PS2. The molecule has 1 heterocycles. The Morgan fingerprint density at radius 3 is 1.53 bits per heavy atom. The number of rotatable bonds is 2. The molecule has 19 heavy (non-hydrogen) atoms. The minimum absolute atomic E-state index is 0.0319. The number of hydrogen-bond donors (Lipinski definition) is 1. The van der Waals surface area contributed by atoms with Crippen molar-refractivity contribution in [1.82, 2.24) is 0 Å². The molecule has 0 radical (unpaired) electrons. The third-order valence-electron chi connectivity index (χ3n) is 3.02. The molecule has 5 heteroatoms. The minimum Gasteiger partial charge on any atom is -0.329 e. The van der Waals surface area contributed by atoms with Gasteiger partial charge in [-0.05, 0) is 33.9 Å². The van der Waals surface area contributed by atoms with Crippen LogP contribution in [0.4, 0.5) is 0 Å². The lowest BCUT2D eigenvalue weighted by molar-refractivity contribution is 0.514. The second-order valence-corrected chi connectivity index (χ2v) is 11.6. The summed E-state index contributed by atoms with van der Waals surface area (Å²) in [6.07, 6.45) is 0. The topological polar surface area (TPSA) is 37.3 Å². The van der Waals surface area contributed by atoms with Crippen LogP contribution in [0.5, 0.6) is 0 Å². The lowest BCUT2D eigenvalue weighted by Gasteiger charge is -2.17. The second kappa shape index (κ2) is 5.37. The molecule has 2 nitrogen and oxygen atoms in total. The van der Waals surface area contributed by atoms with Crippen LogP contribution in [0.15, 0.2) is 60.7 Å². The van der Waals surface area contributed by atoms with Gasteiger partial charge >= 0.3 is 5.77 Å². The molecule has 2 atom stereocenters. The minimum atomic E-state index is -3.15. The van der Waals surface area contributed by atoms with Crippen molar-refractivity contribution in [3.05, 3.63) is 71.8 Å². The van der Waals surface area contributed by atoms with Gasteiger partial charge in [0.1, 0.15) is 0 Å². The summed E-state index contributed by atoms with van der Waals surface area (Å²) in [6, 6.07) is 19.9. The van der Waals surface area contributed by atoms with Gasteiger partial charge in [-0.2, -0.15) is 0 Å². The van der Waals surface area contributed by atoms with Gasteiger partial charge in [0.15, 0.2) is 0 Å². The molecule has 0 bridgehead atoms. The van der Waals surface area contributed by atoms with E-state index in [1.54, 1.807) is 0 Å². The van der Waals surface area contributed by atoms with Gasteiger partial charge in [-0.25, -0.2) is 0 Å². The Labute approximate surface area is 120 Å². The first kappa shape index (κ1) is 13.3. The highest BCUT2D eigenvalue weighted by molar-refractivity contribution is 8.90. The molecule has 1 aliphatic heterocycles. The number of hydrogen-bond acceptors (Lipinski definition) is 3. The van der Waals surface area contributed by atoms with E-state index in [9.17, 15) is 9.46 Å². The molecule has 0 amide bonds. The summed E-state index contributed by atoms with van der Waals surface area (Å²) in [4.78, 5) is 9.94. The maximum absolute atomic E-state index is 12.1. The maximum atomic E-state index is 12.1. The van der Waals surface area contributed by atoms with E-state index in [1.165, 1.54) is 22.8 Å². The fourth-order valence-corrected chi connectivity index (χ4v) is 10.2. The van der Waals surface area contributed by atoms with Gasteiger partial charge in [-0.3, -0.25) is 4.57 Å². The predicted octanol–water partition coefficient (Wildman–Crippen LogP) is 5.05. The van der Waals surface area contributed by atoms with E-state index in [0.29, 0.717) is 0 Å². The van der Waals surface area contributed by atoms with Crippen molar-refractivity contribution < 1.29 is 9.46 Å². The summed E-state index contributed by atoms with van der Waals surface area (Å²) in [5, 5.41) is 0.0638. The van der Waals surface area contributed by atoms with Crippen molar-refractivity contribution in [3.8, 4) is 0 Å². The summed E-state index contributed by atoms with van der Waals surface area (Å²) in [6.45, 7) is 0. The predicted molar refractivity (Wildman–Crippen MR) is 83.4 cm³/mol. The zero-order chi connectivity index (χ0) is 13.3. The highest BCUT2D eigenvalue weighted by Gasteiger charge is 2.44. The van der Waals surface area contributed by atoms with Gasteiger partial charge in [0.25, 0.3) is 0 Å². The summed E-state index contributed by atoms with van der Waals surface area (Å²) in [5.74, 6) is -3.15. The lowest BCUT2D eigenvalue weighted by atomic mass is 10.0. The molecule has 3 rings (SSSR count). The van der Waals surface area contributed by atoms with Crippen LogP contribution in [-0.2, 0) is 4.57 Å². The Balaban J connectivity index is 2.00. The standard InChI is InChI=1S/C14H13O2PS2/c15-17(16)18-13(11-7-3-1-4-8-11)14(19-17)12-9-5-2-6-10-12/h1-10,13-14H,(H,15,16). The second-order valence-electron chi connectivity index (χ2n) is 4.34. The van der Waals surface area contributed by atoms with Crippen LogP contribution in [0.1, 0.15) is 21.6 Å². The van der Waals surface area contributed by atoms with Crippen LogP contribution in [0.3, 0.4) is 0 Å². The van der Waals surface area contributed by atoms with E-state index in [0.717, 1.165) is 11.1 Å². The molecule has 0 aliphatic carbocycles. The van der Waals surface area contributed by atoms with Gasteiger partial charge in [0.05, 0.1) is 10.5 Å². The van der Waals surface area contributed by atoms with Gasteiger partial charge < -0.3 is 4.89 Å². The molecule has 0 aromatic heterocycles. The van der Waals surface area contributed by atoms with Crippen LogP contribution >= 0.6 is 28.5 Å². The monoisotopic (exact) mass is 308 g/mol. The maximum Gasteiger partial charge on any atom is 0.311 e. The van der Waals surface area contributed by atoms with Crippen molar-refractivity contribution in [2.24, 2.45) is 0 Å². The highest BCUT2D eigenvalue weighted by Crippen LogP contribution is 2.83. The highest BCUT2D eigenvalue weighted by atomic mass is 33.1. The molecular weight excluding hydrogens is 295 g/mol. The zero-order valence-corrected chi connectivity index (χ0v) is 12.6. The van der Waals surface area contributed by atoms with E-state index in [4.69, 9.17) is 0 Å². The first-order valence-corrected chi connectivity index (χ1v) is 10.6. The molecule has 1 aliphatic rings. The summed E-state index contributed by atoms with van der Waals surface area (Å²) in [7, 11) is 0. The van der Waals surface area contributed by atoms with Gasteiger partial charge in [-0.15, -0.1) is 0 Å². The van der Waals surface area contributed by atoms with Crippen LogP contribution in [0.2, 0.25) is 0 Å². The third kappa shape index (κ3) is 2.92. The SMILES string of the molecule is O=P1(O)SC(c2ccccc2)C(c2ccccc2)S1. The summed E-state index contributed by atoms with van der Waals surface area (Å²) < 4.78 is 12.1. The molecule has 98 valence electrons. The summed E-state index contributed by atoms with van der Waals surface area (Å²) in [5.41, 5.74) is 2.22. The fourth-order valence-electron chi connectivity index (χ4n) is 2.18. The molecule has 2 unspecified atom stereocenters. The lowest BCUT2D eigenvalue weighted by Crippen LogP contribution is -1.99. The molecule has 0 spiro atoms. The smallest absolute Gasteiger partial charge is 0.311 e. The largest absolute Gasteiger partial charge is 0.329 e. The first-order chi connectivity index (χ1) is 9.16. The van der Waals surface area contributed by atoms with E-state index in [1.807, 2.05) is 60.7 Å². The zero-order valence-electron chi connectivity index (χ0n) is 10.0. The van der Waals surface area contributed by atoms with E-state index < -0.39 is 5.77 Å². The van der Waals surface area contributed by atoms with Crippen LogP contribution in [0, 0.1) is 0 Å². The van der Waals surface area contributed by atoms with Crippen molar-refractivity contribution in [2.45, 2.75) is 10.5 Å². The quantitative estimate of drug-likeness (QED) is 0.788. The van der Waals surface area contributed by atoms with Gasteiger partial charge in [0, 0.05) is 0 Å². The Morgan fingerprint density at radius 2 is 1.16 bits per heavy atom. The Kier molecular flexibility index (Phi) is 3.77. The molecule has 1 N–H and O–H groups in total. The molecule has 1 fully saturated rings. The summed E-state index contributed by atoms with van der Waals surface area (Å²) >= 11 is 2.40. The van der Waals surface area contributed by atoms with Crippen LogP contribution < -0.4 is 0 Å². The van der Waals surface area contributed by atoms with Gasteiger partial charge in [-0.1, -0.05) is 60.7 Å². The van der Waals surface area contributed by atoms with Crippen molar-refractivity contribution >= 4 is 28.5 Å². The average molecular weight is 308 g/mol. The van der Waals surface area contributed by atoms with Crippen molar-refractivity contribution in [3.63, 3.8) is 0 Å². The van der Waals surface area contributed by atoms with Crippen LogP contribution in [-0.4, -0.2) is 4.89 Å². The number of benzene rings is 2. The Hall–Kier alpha value is -0.670. The van der Waals surface area contributed by atoms with Crippen molar-refractivity contribution in [1.29, 1.82) is 0 Å². The average Bonchev–Trinajstić information content (AvgIpc) is 2.77. The van der Waals surface area contributed by atoms with Crippen LogP contribution in [0.25, 0.3) is 0 Å². The first-order valence-electron chi connectivity index (χ1n) is 5.95. The Morgan fingerprint density at radius 1 is 0.789 bits per heavy atom. The van der Waals surface area contributed by atoms with Gasteiger partial charge in [0.2, 0.25) is 0 Å². The molecule has 0 saturated carbocycles. The molecule has 2 aromatic carbocycles. The van der Waals surface area contributed by atoms with E-state index in [-0.39, 0.29) is 10.5 Å². The Bertz CT molecular complexity index is 552. The molecule has 1 saturated heterocycles. The fraction of sp³-hybridized carbons (Fsp3) is 0.143. The normalized spacial score (nSPS) is 30.4. The molecule has 2 aromatic rings. The van der Waals surface area contributed by atoms with Crippen molar-refractivity contribution in [2.75, 3.05) is 0 Å². The van der Waals surface area contributed by atoms with E-state index in [2.05, 4.69) is 0 Å².